The smallest absolute Gasteiger partial charge is 0.264 e. The average molecular weight is 280 g/mol. The van der Waals surface area contributed by atoms with Crippen molar-refractivity contribution in [2.45, 2.75) is 6.43 Å². The molecule has 2 rings (SSSR count). The summed E-state index contributed by atoms with van der Waals surface area (Å²) >= 11 is 3.53. The van der Waals surface area contributed by atoms with E-state index in [0.29, 0.717) is 5.56 Å². The molecule has 0 aliphatic rings. The van der Waals surface area contributed by atoms with Crippen molar-refractivity contribution in [3.05, 3.63) is 71.3 Å². The van der Waals surface area contributed by atoms with Crippen LogP contribution in [0.25, 0.3) is 0 Å². The van der Waals surface area contributed by atoms with Crippen LogP contribution in [0.15, 0.2) is 54.6 Å². The van der Waals surface area contributed by atoms with E-state index in [1.807, 2.05) is 0 Å². The van der Waals surface area contributed by atoms with Gasteiger partial charge in [-0.15, -0.1) is 0 Å². The molecule has 0 aromatic heterocycles. The van der Waals surface area contributed by atoms with Gasteiger partial charge >= 0.3 is 0 Å². The maximum absolute atomic E-state index is 12.8. The molecule has 1 nitrogen and oxygen atoms in total. The minimum Gasteiger partial charge on any atom is -0.289 e. The molecule has 0 heterocycles. The van der Waals surface area contributed by atoms with E-state index in [2.05, 4.69) is 12.6 Å². The first kappa shape index (κ1) is 15.4. The lowest BCUT2D eigenvalue weighted by Gasteiger charge is -2.07. The summed E-state index contributed by atoms with van der Waals surface area (Å²) in [4.78, 5) is 12.0. The highest BCUT2D eigenvalue weighted by molar-refractivity contribution is 7.79. The average Bonchev–Trinajstić information content (AvgIpc) is 2.49. The van der Waals surface area contributed by atoms with Crippen molar-refractivity contribution >= 4 is 18.4 Å². The Morgan fingerprint density at radius 1 is 0.947 bits per heavy atom. The quantitative estimate of drug-likeness (QED) is 0.651. The molecule has 0 fully saturated rings. The van der Waals surface area contributed by atoms with E-state index >= 15 is 0 Å². The van der Waals surface area contributed by atoms with Crippen LogP contribution in [0.4, 0.5) is 8.78 Å². The first-order valence-corrected chi connectivity index (χ1v) is 6.51. The number of thiol groups is 1. The second-order valence-corrected chi connectivity index (χ2v) is 3.58. The van der Waals surface area contributed by atoms with Crippen LogP contribution in [0, 0.1) is 0 Å². The van der Waals surface area contributed by atoms with E-state index < -0.39 is 6.43 Å². The lowest BCUT2D eigenvalue weighted by atomic mass is 9.99. The van der Waals surface area contributed by atoms with Gasteiger partial charge in [-0.25, -0.2) is 8.78 Å². The number of halogens is 2. The van der Waals surface area contributed by atoms with Gasteiger partial charge in [0.2, 0.25) is 0 Å². The second-order valence-electron chi connectivity index (χ2n) is 3.58. The van der Waals surface area contributed by atoms with E-state index in [-0.39, 0.29) is 16.9 Å². The summed E-state index contributed by atoms with van der Waals surface area (Å²) in [6, 6.07) is 14.2. The van der Waals surface area contributed by atoms with E-state index in [1.165, 1.54) is 18.2 Å². The van der Waals surface area contributed by atoms with Crippen molar-refractivity contribution in [1.29, 1.82) is 0 Å². The van der Waals surface area contributed by atoms with E-state index in [9.17, 15) is 13.6 Å². The fourth-order valence-corrected chi connectivity index (χ4v) is 1.64. The van der Waals surface area contributed by atoms with E-state index in [4.69, 9.17) is 0 Å². The molecule has 0 saturated heterocycles. The van der Waals surface area contributed by atoms with Crippen LogP contribution in [0.2, 0.25) is 0 Å². The molecule has 100 valence electrons. The first-order valence-electron chi connectivity index (χ1n) is 5.61. The molecule has 0 unspecified atom stereocenters. The Hall–Kier alpha value is -1.68. The summed E-state index contributed by atoms with van der Waals surface area (Å²) in [5, 5.41) is 0. The fourth-order valence-electron chi connectivity index (χ4n) is 1.64. The predicted molar refractivity (Wildman–Crippen MR) is 76.2 cm³/mol. The molecule has 0 atom stereocenters. The Kier molecular flexibility index (Phi) is 6.22. The standard InChI is InChI=1S/C14H10F2O.CH4S/c15-14(16)12-9-5-4-8-11(12)13(17)10-6-2-1-3-7-10;1-2/h1-9,14H;2H,1H3. The van der Waals surface area contributed by atoms with Gasteiger partial charge in [0.15, 0.2) is 5.78 Å². The molecule has 0 aliphatic heterocycles. The number of alkyl halides is 2. The van der Waals surface area contributed by atoms with Crippen LogP contribution in [0.5, 0.6) is 0 Å². The summed E-state index contributed by atoms with van der Waals surface area (Å²) in [5.41, 5.74) is 0.260. The van der Waals surface area contributed by atoms with Crippen molar-refractivity contribution in [3.8, 4) is 0 Å². The minimum absolute atomic E-state index is 0.0636. The first-order chi connectivity index (χ1) is 9.20. The van der Waals surface area contributed by atoms with Gasteiger partial charge in [0, 0.05) is 16.7 Å². The molecule has 0 aliphatic carbocycles. The number of ketones is 1. The summed E-state index contributed by atoms with van der Waals surface area (Å²) in [7, 11) is 0. The van der Waals surface area contributed by atoms with Crippen molar-refractivity contribution < 1.29 is 13.6 Å². The normalized spacial score (nSPS) is 9.74. The van der Waals surface area contributed by atoms with Gasteiger partial charge < -0.3 is 0 Å². The summed E-state index contributed by atoms with van der Waals surface area (Å²) in [6.07, 6.45) is -0.945. The molecule has 2 aromatic rings. The van der Waals surface area contributed by atoms with Gasteiger partial charge in [0.25, 0.3) is 6.43 Å². The Labute approximate surface area is 116 Å². The zero-order valence-electron chi connectivity index (χ0n) is 10.4. The van der Waals surface area contributed by atoms with Crippen molar-refractivity contribution in [2.75, 3.05) is 6.26 Å². The Bertz CT molecular complexity index is 527. The van der Waals surface area contributed by atoms with Gasteiger partial charge in [0.1, 0.15) is 0 Å². The molecule has 0 amide bonds. The molecule has 0 spiro atoms. The second kappa shape index (κ2) is 7.69. The van der Waals surface area contributed by atoms with Gasteiger partial charge in [-0.1, -0.05) is 54.6 Å². The van der Waals surface area contributed by atoms with Crippen LogP contribution in [0.1, 0.15) is 27.9 Å². The van der Waals surface area contributed by atoms with Crippen LogP contribution >= 0.6 is 12.6 Å². The van der Waals surface area contributed by atoms with Crippen LogP contribution in [-0.4, -0.2) is 12.0 Å². The number of hydrogen-bond acceptors (Lipinski definition) is 2. The third-order valence-electron chi connectivity index (χ3n) is 2.48. The Morgan fingerprint density at radius 2 is 1.47 bits per heavy atom. The van der Waals surface area contributed by atoms with Crippen molar-refractivity contribution in [1.82, 2.24) is 0 Å². The summed E-state index contributed by atoms with van der Waals surface area (Å²) in [6.45, 7) is 0. The molecule has 4 heteroatoms. The third-order valence-corrected chi connectivity index (χ3v) is 2.48. The van der Waals surface area contributed by atoms with Crippen LogP contribution < -0.4 is 0 Å². The third kappa shape index (κ3) is 3.89. The highest BCUT2D eigenvalue weighted by Crippen LogP contribution is 2.24. The van der Waals surface area contributed by atoms with E-state index in [0.717, 1.165) is 0 Å². The van der Waals surface area contributed by atoms with Gasteiger partial charge in [-0.3, -0.25) is 4.79 Å². The molecule has 0 N–H and O–H groups in total. The lowest BCUT2D eigenvalue weighted by Crippen LogP contribution is -2.05. The molecule has 2 aromatic carbocycles. The number of carbonyl (C=O) groups excluding carboxylic acids is 1. The topological polar surface area (TPSA) is 17.1 Å². The number of carbonyl (C=O) groups is 1. The summed E-state index contributed by atoms with van der Waals surface area (Å²) in [5.74, 6) is -0.374. The number of rotatable bonds is 3. The minimum atomic E-state index is -2.64. The Morgan fingerprint density at radius 3 is 2.05 bits per heavy atom. The van der Waals surface area contributed by atoms with Crippen molar-refractivity contribution in [2.24, 2.45) is 0 Å². The van der Waals surface area contributed by atoms with Gasteiger partial charge in [0.05, 0.1) is 0 Å². The molecular weight excluding hydrogens is 266 g/mol. The molecule has 0 bridgehead atoms. The highest BCUT2D eigenvalue weighted by Gasteiger charge is 2.18. The SMILES string of the molecule is CS.O=C(c1ccccc1)c1ccccc1C(F)F. The van der Waals surface area contributed by atoms with E-state index in [1.54, 1.807) is 42.7 Å². The summed E-state index contributed by atoms with van der Waals surface area (Å²) < 4.78 is 25.5. The van der Waals surface area contributed by atoms with Crippen LogP contribution in [0.3, 0.4) is 0 Å². The predicted octanol–water partition coefficient (Wildman–Crippen LogP) is 4.40. The monoisotopic (exact) mass is 280 g/mol. The zero-order valence-corrected chi connectivity index (χ0v) is 11.3. The molecule has 0 radical (unpaired) electrons. The van der Waals surface area contributed by atoms with Gasteiger partial charge in [-0.05, 0) is 6.26 Å². The zero-order chi connectivity index (χ0) is 14.3. The number of hydrogen-bond donors (Lipinski definition) is 1. The largest absolute Gasteiger partial charge is 0.289 e. The van der Waals surface area contributed by atoms with Crippen molar-refractivity contribution in [3.63, 3.8) is 0 Å². The maximum atomic E-state index is 12.8. The van der Waals surface area contributed by atoms with Crippen LogP contribution in [-0.2, 0) is 0 Å². The molecule has 19 heavy (non-hydrogen) atoms. The van der Waals surface area contributed by atoms with Gasteiger partial charge in [-0.2, -0.15) is 12.6 Å². The fraction of sp³-hybridized carbons (Fsp3) is 0.133. The molecule has 0 saturated carbocycles. The Balaban J connectivity index is 0.000000861. The maximum Gasteiger partial charge on any atom is 0.264 e. The lowest BCUT2D eigenvalue weighted by molar-refractivity contribution is 0.102. The number of benzene rings is 2. The highest BCUT2D eigenvalue weighted by atomic mass is 32.1. The molecular formula is C15H14F2OS.